The molecule has 6 heteroatoms. The van der Waals surface area contributed by atoms with E-state index in [1.54, 1.807) is 47.3 Å². The van der Waals surface area contributed by atoms with E-state index >= 15 is 0 Å². The first kappa shape index (κ1) is 16.2. The lowest BCUT2D eigenvalue weighted by Gasteiger charge is -2.09. The number of furan rings is 1. The fourth-order valence-electron chi connectivity index (χ4n) is 2.60. The Morgan fingerprint density at radius 3 is 2.50 bits per heavy atom. The molecule has 2 aromatic heterocycles. The Morgan fingerprint density at radius 1 is 1.00 bits per heavy atom. The smallest absolute Gasteiger partial charge is 0.274 e. The molecule has 0 aliphatic carbocycles. The molecule has 0 aliphatic rings. The van der Waals surface area contributed by atoms with Crippen LogP contribution < -0.4 is 5.32 Å². The molecule has 0 aliphatic heterocycles. The van der Waals surface area contributed by atoms with Crippen LogP contribution in [0, 0.1) is 0 Å². The minimum Gasteiger partial charge on any atom is -0.463 e. The summed E-state index contributed by atoms with van der Waals surface area (Å²) in [6.45, 7) is 0. The minimum absolute atomic E-state index is 0.313. The fraction of sp³-hybridized carbons (Fsp3) is 0. The second-order valence-electron chi connectivity index (χ2n) is 5.57. The van der Waals surface area contributed by atoms with E-state index in [2.05, 4.69) is 10.4 Å². The van der Waals surface area contributed by atoms with Crippen molar-refractivity contribution in [1.82, 2.24) is 9.78 Å². The zero-order chi connectivity index (χ0) is 17.9. The van der Waals surface area contributed by atoms with Gasteiger partial charge in [-0.05, 0) is 36.4 Å². The molecule has 2 heterocycles. The Labute approximate surface area is 154 Å². The van der Waals surface area contributed by atoms with Crippen molar-refractivity contribution in [1.29, 1.82) is 0 Å². The van der Waals surface area contributed by atoms with Crippen LogP contribution in [-0.2, 0) is 0 Å². The van der Waals surface area contributed by atoms with Gasteiger partial charge in [0.2, 0.25) is 0 Å². The van der Waals surface area contributed by atoms with Crippen molar-refractivity contribution in [2.75, 3.05) is 5.32 Å². The van der Waals surface area contributed by atoms with Crippen molar-refractivity contribution in [3.05, 3.63) is 89.8 Å². The molecule has 128 valence electrons. The predicted octanol–water partition coefficient (Wildman–Crippen LogP) is 5.04. The summed E-state index contributed by atoms with van der Waals surface area (Å²) in [5.74, 6) is 0.277. The Balaban J connectivity index is 1.76. The van der Waals surface area contributed by atoms with Crippen LogP contribution in [0.15, 0.2) is 83.5 Å². The number of nitrogens with zero attached hydrogens (tertiary/aromatic N) is 2. The van der Waals surface area contributed by atoms with Gasteiger partial charge in [-0.2, -0.15) is 5.10 Å². The molecular formula is C20H14ClN3O2. The number of halogens is 1. The van der Waals surface area contributed by atoms with Crippen LogP contribution in [-0.4, -0.2) is 15.7 Å². The van der Waals surface area contributed by atoms with Gasteiger partial charge in [0.15, 0.2) is 5.76 Å². The molecule has 0 saturated carbocycles. The number of anilines is 1. The lowest BCUT2D eigenvalue weighted by Crippen LogP contribution is -2.17. The van der Waals surface area contributed by atoms with E-state index < -0.39 is 0 Å². The highest BCUT2D eigenvalue weighted by Crippen LogP contribution is 2.25. The Kier molecular flexibility index (Phi) is 4.29. The number of amides is 1. The fourth-order valence-corrected chi connectivity index (χ4v) is 2.79. The molecule has 0 unspecified atom stereocenters. The first-order chi connectivity index (χ1) is 12.7. The van der Waals surface area contributed by atoms with Gasteiger partial charge in [0.05, 0.1) is 22.7 Å². The lowest BCUT2D eigenvalue weighted by atomic mass is 10.2. The molecule has 0 atom stereocenters. The largest absolute Gasteiger partial charge is 0.463 e. The van der Waals surface area contributed by atoms with Gasteiger partial charge in [-0.15, -0.1) is 0 Å². The Morgan fingerprint density at radius 2 is 1.77 bits per heavy atom. The van der Waals surface area contributed by atoms with Crippen molar-refractivity contribution in [2.24, 2.45) is 0 Å². The lowest BCUT2D eigenvalue weighted by molar-refractivity contribution is 0.101. The van der Waals surface area contributed by atoms with Crippen LogP contribution >= 0.6 is 11.6 Å². The Bertz CT molecular complexity index is 1040. The summed E-state index contributed by atoms with van der Waals surface area (Å²) in [4.78, 5) is 12.9. The van der Waals surface area contributed by atoms with E-state index in [9.17, 15) is 4.79 Å². The molecule has 4 aromatic rings. The third-order valence-electron chi connectivity index (χ3n) is 3.84. The van der Waals surface area contributed by atoms with Crippen LogP contribution in [0.4, 0.5) is 5.69 Å². The van der Waals surface area contributed by atoms with Gasteiger partial charge < -0.3 is 9.73 Å². The number of rotatable bonds is 4. The van der Waals surface area contributed by atoms with Gasteiger partial charge in [0, 0.05) is 6.07 Å². The number of hydrogen-bond donors (Lipinski definition) is 1. The highest BCUT2D eigenvalue weighted by molar-refractivity contribution is 6.33. The molecule has 1 N–H and O–H groups in total. The maximum atomic E-state index is 12.9. The van der Waals surface area contributed by atoms with E-state index in [1.807, 2.05) is 36.4 Å². The van der Waals surface area contributed by atoms with Crippen LogP contribution in [0.1, 0.15) is 10.5 Å². The summed E-state index contributed by atoms with van der Waals surface area (Å²) in [7, 11) is 0. The van der Waals surface area contributed by atoms with E-state index in [1.165, 1.54) is 0 Å². The summed E-state index contributed by atoms with van der Waals surface area (Å²) >= 11 is 6.15. The SMILES string of the molecule is O=C(Nc1ccccc1Cl)c1cc(-c2ccco2)nn1-c1ccccc1. The van der Waals surface area contributed by atoms with Crippen molar-refractivity contribution < 1.29 is 9.21 Å². The second kappa shape index (κ2) is 6.90. The second-order valence-corrected chi connectivity index (χ2v) is 5.98. The first-order valence-electron chi connectivity index (χ1n) is 7.97. The molecule has 1 amide bonds. The van der Waals surface area contributed by atoms with Gasteiger partial charge in [-0.1, -0.05) is 41.9 Å². The quantitative estimate of drug-likeness (QED) is 0.552. The molecule has 5 nitrogen and oxygen atoms in total. The summed E-state index contributed by atoms with van der Waals surface area (Å²) in [5, 5.41) is 7.84. The van der Waals surface area contributed by atoms with Crippen molar-refractivity contribution in [3.8, 4) is 17.1 Å². The monoisotopic (exact) mass is 363 g/mol. The maximum absolute atomic E-state index is 12.9. The summed E-state index contributed by atoms with van der Waals surface area (Å²) < 4.78 is 7.00. The van der Waals surface area contributed by atoms with Gasteiger partial charge in [0.1, 0.15) is 11.4 Å². The van der Waals surface area contributed by atoms with Crippen molar-refractivity contribution in [2.45, 2.75) is 0 Å². The highest BCUT2D eigenvalue weighted by atomic mass is 35.5. The average molecular weight is 364 g/mol. The number of carbonyl (C=O) groups excluding carboxylic acids is 1. The number of para-hydroxylation sites is 2. The first-order valence-corrected chi connectivity index (χ1v) is 8.35. The molecule has 0 bridgehead atoms. The van der Waals surface area contributed by atoms with Crippen LogP contribution in [0.5, 0.6) is 0 Å². The topological polar surface area (TPSA) is 60.1 Å². The molecule has 0 fully saturated rings. The summed E-state index contributed by atoms with van der Waals surface area (Å²) in [5.41, 5.74) is 2.26. The van der Waals surface area contributed by atoms with E-state index in [-0.39, 0.29) is 5.91 Å². The van der Waals surface area contributed by atoms with Crippen molar-refractivity contribution in [3.63, 3.8) is 0 Å². The Hall–Kier alpha value is -3.31. The van der Waals surface area contributed by atoms with Crippen LogP contribution in [0.3, 0.4) is 0 Å². The third-order valence-corrected chi connectivity index (χ3v) is 4.17. The van der Waals surface area contributed by atoms with Gasteiger partial charge in [0.25, 0.3) is 5.91 Å². The number of benzene rings is 2. The number of nitrogens with one attached hydrogen (secondary N) is 1. The molecule has 0 spiro atoms. The molecular weight excluding hydrogens is 350 g/mol. The standard InChI is InChI=1S/C20H14ClN3O2/c21-15-9-4-5-10-16(15)22-20(25)18-13-17(19-11-6-12-26-19)23-24(18)14-7-2-1-3-8-14/h1-13H,(H,22,25). The average Bonchev–Trinajstić information content (AvgIpc) is 3.34. The number of hydrogen-bond acceptors (Lipinski definition) is 3. The number of carbonyl (C=O) groups is 1. The van der Waals surface area contributed by atoms with Gasteiger partial charge in [-0.3, -0.25) is 4.79 Å². The van der Waals surface area contributed by atoms with Crippen molar-refractivity contribution >= 4 is 23.2 Å². The summed E-state index contributed by atoms with van der Waals surface area (Å²) in [6.07, 6.45) is 1.57. The van der Waals surface area contributed by atoms with E-state index in [0.29, 0.717) is 27.9 Å². The van der Waals surface area contributed by atoms with Crippen LogP contribution in [0.2, 0.25) is 5.02 Å². The zero-order valence-corrected chi connectivity index (χ0v) is 14.4. The number of aromatic nitrogens is 2. The molecule has 4 rings (SSSR count). The molecule has 0 saturated heterocycles. The minimum atomic E-state index is -0.313. The summed E-state index contributed by atoms with van der Waals surface area (Å²) in [6, 6.07) is 21.8. The molecule has 2 aromatic carbocycles. The van der Waals surface area contributed by atoms with Gasteiger partial charge in [-0.25, -0.2) is 4.68 Å². The predicted molar refractivity (Wildman–Crippen MR) is 101 cm³/mol. The van der Waals surface area contributed by atoms with E-state index in [0.717, 1.165) is 5.69 Å². The zero-order valence-electron chi connectivity index (χ0n) is 13.6. The highest BCUT2D eigenvalue weighted by Gasteiger charge is 2.19. The maximum Gasteiger partial charge on any atom is 0.274 e. The third kappa shape index (κ3) is 3.12. The van der Waals surface area contributed by atoms with Gasteiger partial charge >= 0.3 is 0 Å². The normalized spacial score (nSPS) is 10.7. The van der Waals surface area contributed by atoms with E-state index in [4.69, 9.17) is 16.0 Å². The van der Waals surface area contributed by atoms with Crippen LogP contribution in [0.25, 0.3) is 17.1 Å². The molecule has 0 radical (unpaired) electrons. The molecule has 26 heavy (non-hydrogen) atoms.